The Labute approximate surface area is 89.8 Å². The topological polar surface area (TPSA) is 52.6 Å². The van der Waals surface area contributed by atoms with Gasteiger partial charge in [0.2, 0.25) is 0 Å². The summed E-state index contributed by atoms with van der Waals surface area (Å²) in [4.78, 5) is 0. The van der Waals surface area contributed by atoms with Crippen LogP contribution in [0.4, 0.5) is 0 Å². The minimum atomic E-state index is -3.63. The second-order valence-electron chi connectivity index (χ2n) is 2.71. The number of hydrogen-bond donors (Lipinski definition) is 0. The standard InChI is InChI=1S/C7H7ClO4S2/c8-14(9,10)6-3-5(4-13-6)7-11-1-2-12-7/h3-4,7H,1-2H2. The Morgan fingerprint density at radius 1 is 1.43 bits per heavy atom. The van der Waals surface area contributed by atoms with Crippen LogP contribution in [0.1, 0.15) is 11.9 Å². The van der Waals surface area contributed by atoms with Gasteiger partial charge in [0.15, 0.2) is 6.29 Å². The van der Waals surface area contributed by atoms with Crippen LogP contribution in [0.25, 0.3) is 0 Å². The summed E-state index contributed by atoms with van der Waals surface area (Å²) in [6.45, 7) is 1.06. The van der Waals surface area contributed by atoms with Crippen LogP contribution in [-0.2, 0) is 18.5 Å². The minimum Gasteiger partial charge on any atom is -0.346 e. The first kappa shape index (κ1) is 10.4. The highest BCUT2D eigenvalue weighted by Gasteiger charge is 2.22. The summed E-state index contributed by atoms with van der Waals surface area (Å²) in [5.74, 6) is 0. The Hall–Kier alpha value is -0.140. The zero-order chi connectivity index (χ0) is 10.2. The summed E-state index contributed by atoms with van der Waals surface area (Å²) in [6, 6.07) is 1.48. The summed E-state index contributed by atoms with van der Waals surface area (Å²) in [7, 11) is 1.55. The van der Waals surface area contributed by atoms with E-state index in [0.717, 1.165) is 11.3 Å². The molecule has 0 radical (unpaired) electrons. The number of ether oxygens (including phenoxy) is 2. The van der Waals surface area contributed by atoms with Crippen LogP contribution in [0.2, 0.25) is 0 Å². The van der Waals surface area contributed by atoms with Crippen molar-refractivity contribution in [2.24, 2.45) is 0 Å². The molecule has 0 saturated carbocycles. The van der Waals surface area contributed by atoms with Crippen LogP contribution in [0.5, 0.6) is 0 Å². The number of thiophene rings is 1. The molecule has 0 atom stereocenters. The van der Waals surface area contributed by atoms with Gasteiger partial charge >= 0.3 is 0 Å². The average molecular weight is 255 g/mol. The van der Waals surface area contributed by atoms with Crippen molar-refractivity contribution in [1.82, 2.24) is 0 Å². The molecule has 1 aliphatic heterocycles. The van der Waals surface area contributed by atoms with Gasteiger partial charge in [-0.05, 0) is 6.07 Å². The van der Waals surface area contributed by atoms with Crippen LogP contribution in [0.3, 0.4) is 0 Å². The quantitative estimate of drug-likeness (QED) is 0.754. The smallest absolute Gasteiger partial charge is 0.270 e. The highest BCUT2D eigenvalue weighted by atomic mass is 35.7. The lowest BCUT2D eigenvalue weighted by Gasteiger charge is -2.04. The van der Waals surface area contributed by atoms with E-state index in [4.69, 9.17) is 20.2 Å². The molecule has 0 aromatic carbocycles. The van der Waals surface area contributed by atoms with Crippen molar-refractivity contribution in [3.8, 4) is 0 Å². The first-order chi connectivity index (χ1) is 6.57. The molecule has 0 bridgehead atoms. The maximum Gasteiger partial charge on any atom is 0.270 e. The first-order valence-electron chi connectivity index (χ1n) is 3.84. The van der Waals surface area contributed by atoms with Gasteiger partial charge in [-0.1, -0.05) is 0 Å². The molecule has 78 valence electrons. The van der Waals surface area contributed by atoms with E-state index in [9.17, 15) is 8.42 Å². The zero-order valence-electron chi connectivity index (χ0n) is 6.97. The van der Waals surface area contributed by atoms with Crippen LogP contribution in [0.15, 0.2) is 15.7 Å². The fourth-order valence-electron chi connectivity index (χ4n) is 1.13. The van der Waals surface area contributed by atoms with Gasteiger partial charge in [0.1, 0.15) is 4.21 Å². The molecule has 1 fully saturated rings. The van der Waals surface area contributed by atoms with Gasteiger partial charge < -0.3 is 9.47 Å². The van der Waals surface area contributed by atoms with E-state index in [-0.39, 0.29) is 4.21 Å². The molecule has 0 unspecified atom stereocenters. The van der Waals surface area contributed by atoms with Crippen molar-refractivity contribution in [2.45, 2.75) is 10.5 Å². The molecular formula is C7H7ClO4S2. The third-order valence-electron chi connectivity index (χ3n) is 1.73. The van der Waals surface area contributed by atoms with Gasteiger partial charge in [-0.25, -0.2) is 8.42 Å². The van der Waals surface area contributed by atoms with Gasteiger partial charge in [0.25, 0.3) is 9.05 Å². The van der Waals surface area contributed by atoms with E-state index >= 15 is 0 Å². The summed E-state index contributed by atoms with van der Waals surface area (Å²) in [5, 5.41) is 1.67. The second-order valence-corrected chi connectivity index (χ2v) is 6.41. The van der Waals surface area contributed by atoms with Gasteiger partial charge in [0.05, 0.1) is 13.2 Å². The van der Waals surface area contributed by atoms with E-state index in [1.807, 2.05) is 0 Å². The third kappa shape index (κ3) is 2.09. The van der Waals surface area contributed by atoms with Gasteiger partial charge in [-0.3, -0.25) is 0 Å². The molecule has 1 aromatic rings. The molecule has 7 heteroatoms. The summed E-state index contributed by atoms with van der Waals surface area (Å²) >= 11 is 1.06. The molecule has 4 nitrogen and oxygen atoms in total. The predicted molar refractivity (Wildman–Crippen MR) is 52.0 cm³/mol. The van der Waals surface area contributed by atoms with Crippen molar-refractivity contribution < 1.29 is 17.9 Å². The molecule has 2 heterocycles. The number of rotatable bonds is 2. The van der Waals surface area contributed by atoms with Crippen molar-refractivity contribution in [1.29, 1.82) is 0 Å². The highest BCUT2D eigenvalue weighted by Crippen LogP contribution is 2.31. The van der Waals surface area contributed by atoms with Crippen LogP contribution < -0.4 is 0 Å². The zero-order valence-corrected chi connectivity index (χ0v) is 9.36. The Kier molecular flexibility index (Phi) is 2.81. The fourth-order valence-corrected chi connectivity index (χ4v) is 3.11. The molecule has 1 aromatic heterocycles. The van der Waals surface area contributed by atoms with Crippen LogP contribution in [0, 0.1) is 0 Å². The highest BCUT2D eigenvalue weighted by molar-refractivity contribution is 8.15. The molecular weight excluding hydrogens is 248 g/mol. The third-order valence-corrected chi connectivity index (χ3v) is 4.79. The number of hydrogen-bond acceptors (Lipinski definition) is 5. The maximum absolute atomic E-state index is 11.0. The SMILES string of the molecule is O=S(=O)(Cl)c1cc(C2OCCO2)cs1. The van der Waals surface area contributed by atoms with Gasteiger partial charge in [0, 0.05) is 21.6 Å². The van der Waals surface area contributed by atoms with E-state index in [0.29, 0.717) is 18.8 Å². The van der Waals surface area contributed by atoms with Gasteiger partial charge in [-0.2, -0.15) is 0 Å². The summed E-state index contributed by atoms with van der Waals surface area (Å²) < 4.78 is 32.5. The Morgan fingerprint density at radius 2 is 2.07 bits per heavy atom. The predicted octanol–water partition coefficient (Wildman–Crippen LogP) is 1.72. The van der Waals surface area contributed by atoms with E-state index in [1.165, 1.54) is 6.07 Å². The normalized spacial score (nSPS) is 18.9. The van der Waals surface area contributed by atoms with E-state index in [1.54, 1.807) is 5.38 Å². The van der Waals surface area contributed by atoms with Crippen molar-refractivity contribution in [3.63, 3.8) is 0 Å². The summed E-state index contributed by atoms with van der Waals surface area (Å²) in [5.41, 5.74) is 0.701. The van der Waals surface area contributed by atoms with E-state index < -0.39 is 15.3 Å². The lowest BCUT2D eigenvalue weighted by molar-refractivity contribution is -0.0438. The lowest BCUT2D eigenvalue weighted by Crippen LogP contribution is -1.95. The van der Waals surface area contributed by atoms with Crippen LogP contribution >= 0.6 is 22.0 Å². The van der Waals surface area contributed by atoms with E-state index in [2.05, 4.69) is 0 Å². The first-order valence-corrected chi connectivity index (χ1v) is 7.02. The van der Waals surface area contributed by atoms with Crippen molar-refractivity contribution >= 4 is 31.1 Å². The maximum atomic E-state index is 11.0. The second kappa shape index (κ2) is 3.79. The Morgan fingerprint density at radius 3 is 2.57 bits per heavy atom. The molecule has 14 heavy (non-hydrogen) atoms. The Balaban J connectivity index is 2.25. The molecule has 0 N–H and O–H groups in total. The summed E-state index contributed by atoms with van der Waals surface area (Å²) in [6.07, 6.45) is -0.446. The minimum absolute atomic E-state index is 0.119. The molecule has 0 spiro atoms. The Bertz CT molecular complexity index is 419. The monoisotopic (exact) mass is 254 g/mol. The molecule has 1 aliphatic rings. The fraction of sp³-hybridized carbons (Fsp3) is 0.429. The molecule has 2 rings (SSSR count). The van der Waals surface area contributed by atoms with Crippen molar-refractivity contribution in [3.05, 3.63) is 17.0 Å². The average Bonchev–Trinajstić information content (AvgIpc) is 2.73. The molecule has 0 aliphatic carbocycles. The van der Waals surface area contributed by atoms with Gasteiger partial charge in [-0.15, -0.1) is 11.3 Å². The van der Waals surface area contributed by atoms with Crippen LogP contribution in [-0.4, -0.2) is 21.6 Å². The lowest BCUT2D eigenvalue weighted by atomic mass is 10.3. The molecule has 0 amide bonds. The number of halogens is 1. The largest absolute Gasteiger partial charge is 0.346 e. The molecule has 1 saturated heterocycles. The van der Waals surface area contributed by atoms with Crippen molar-refractivity contribution in [2.75, 3.05) is 13.2 Å².